The third kappa shape index (κ3) is 1.77. The molecule has 3 aliphatic carbocycles. The number of nitrogens with zero attached hydrogens (tertiary/aromatic N) is 1. The second-order valence-electron chi connectivity index (χ2n) is 9.06. The van der Waals surface area contributed by atoms with E-state index in [0.29, 0.717) is 24.7 Å². The molecule has 4 heteroatoms. The molecule has 1 saturated heterocycles. The van der Waals surface area contributed by atoms with E-state index in [1.165, 1.54) is 0 Å². The van der Waals surface area contributed by atoms with Crippen molar-refractivity contribution in [2.24, 2.45) is 28.6 Å². The van der Waals surface area contributed by atoms with Crippen LogP contribution in [0, 0.1) is 39.9 Å². The summed E-state index contributed by atoms with van der Waals surface area (Å²) in [5.74, 6) is 1.52. The Hall–Kier alpha value is -1.21. The molecule has 130 valence electrons. The number of epoxide rings is 1. The number of fused-ring (bicyclic) bond motifs is 2. The number of hydrogen-bond donors (Lipinski definition) is 0. The van der Waals surface area contributed by atoms with Gasteiger partial charge in [-0.1, -0.05) is 13.8 Å². The minimum absolute atomic E-state index is 0.0281. The number of Topliss-reactive ketones (excluding diaryl/α,β-unsaturated/α-hetero) is 2. The van der Waals surface area contributed by atoms with E-state index in [2.05, 4.69) is 19.9 Å². The molecule has 0 aromatic rings. The summed E-state index contributed by atoms with van der Waals surface area (Å²) in [5.41, 5.74) is -0.572. The lowest BCUT2D eigenvalue weighted by Crippen LogP contribution is -2.59. The van der Waals surface area contributed by atoms with Crippen LogP contribution in [0.1, 0.15) is 65.7 Å². The second-order valence-corrected chi connectivity index (χ2v) is 9.06. The van der Waals surface area contributed by atoms with Crippen molar-refractivity contribution < 1.29 is 14.3 Å². The van der Waals surface area contributed by atoms with E-state index in [-0.39, 0.29) is 40.0 Å². The fourth-order valence-corrected chi connectivity index (χ4v) is 6.73. The highest BCUT2D eigenvalue weighted by Crippen LogP contribution is 2.70. The van der Waals surface area contributed by atoms with Crippen LogP contribution < -0.4 is 0 Å². The minimum Gasteiger partial charge on any atom is -0.357 e. The van der Waals surface area contributed by atoms with Crippen LogP contribution in [0.5, 0.6) is 0 Å². The van der Waals surface area contributed by atoms with Gasteiger partial charge in [-0.05, 0) is 56.8 Å². The Kier molecular flexibility index (Phi) is 3.33. The molecule has 1 spiro atoms. The van der Waals surface area contributed by atoms with E-state index >= 15 is 0 Å². The average molecular weight is 329 g/mol. The third-order valence-electron chi connectivity index (χ3n) is 8.45. The van der Waals surface area contributed by atoms with Gasteiger partial charge in [0.1, 0.15) is 17.5 Å². The van der Waals surface area contributed by atoms with Crippen molar-refractivity contribution in [1.29, 1.82) is 5.26 Å². The summed E-state index contributed by atoms with van der Waals surface area (Å²) < 4.78 is 6.05. The standard InChI is InChI=1S/C20H27NO3/c1-12(22)18(2)8-5-15-13(14(18)7-11-21)4-10-20-17(24-20)16(23)6-9-19(15,20)3/h13-15,17H,4-10H2,1-3H3/t13-,14?,15-,17?,18+,19+,20?/m0/s1. The van der Waals surface area contributed by atoms with Gasteiger partial charge in [-0.2, -0.15) is 5.26 Å². The molecule has 0 amide bonds. The molecular formula is C20H27NO3. The first kappa shape index (κ1) is 16.3. The van der Waals surface area contributed by atoms with Crippen LogP contribution in [0.4, 0.5) is 0 Å². The van der Waals surface area contributed by atoms with Gasteiger partial charge in [0, 0.05) is 23.7 Å². The number of ether oxygens (including phenoxy) is 1. The molecule has 0 aromatic carbocycles. The first-order valence-electron chi connectivity index (χ1n) is 9.39. The number of nitriles is 1. The molecule has 4 fully saturated rings. The van der Waals surface area contributed by atoms with E-state index in [0.717, 1.165) is 32.1 Å². The third-order valence-corrected chi connectivity index (χ3v) is 8.45. The normalized spacial score (nSPS) is 52.5. The van der Waals surface area contributed by atoms with Crippen molar-refractivity contribution in [2.45, 2.75) is 77.4 Å². The summed E-state index contributed by atoms with van der Waals surface area (Å²) in [5, 5.41) is 9.38. The van der Waals surface area contributed by atoms with E-state index in [1.54, 1.807) is 6.92 Å². The maximum absolute atomic E-state index is 12.4. The highest BCUT2D eigenvalue weighted by atomic mass is 16.6. The lowest BCUT2D eigenvalue weighted by Gasteiger charge is -2.59. The molecule has 3 unspecified atom stereocenters. The fourth-order valence-electron chi connectivity index (χ4n) is 6.73. The molecule has 0 N–H and O–H groups in total. The average Bonchev–Trinajstić information content (AvgIpc) is 3.28. The number of ketones is 2. The molecule has 4 nitrogen and oxygen atoms in total. The quantitative estimate of drug-likeness (QED) is 0.728. The van der Waals surface area contributed by atoms with Crippen molar-refractivity contribution in [2.75, 3.05) is 0 Å². The first-order valence-corrected chi connectivity index (χ1v) is 9.39. The van der Waals surface area contributed by atoms with Crippen LogP contribution >= 0.6 is 0 Å². The molecule has 4 rings (SSSR count). The summed E-state index contributed by atoms with van der Waals surface area (Å²) in [4.78, 5) is 24.5. The maximum Gasteiger partial charge on any atom is 0.164 e. The minimum atomic E-state index is -0.369. The summed E-state index contributed by atoms with van der Waals surface area (Å²) in [6, 6.07) is 2.35. The molecule has 0 radical (unpaired) electrons. The summed E-state index contributed by atoms with van der Waals surface area (Å²) in [6.45, 7) is 6.08. The lowest BCUT2D eigenvalue weighted by molar-refractivity contribution is -0.147. The van der Waals surface area contributed by atoms with Gasteiger partial charge in [-0.15, -0.1) is 0 Å². The number of carbonyl (C=O) groups is 2. The SMILES string of the molecule is CC(=O)[C@@]1(C)CC[C@H]2[C@@H](CCC34OC3C(=O)CC[C@]24C)C1CC#N. The summed E-state index contributed by atoms with van der Waals surface area (Å²) in [7, 11) is 0. The van der Waals surface area contributed by atoms with Crippen molar-refractivity contribution >= 4 is 11.6 Å². The van der Waals surface area contributed by atoms with Gasteiger partial charge in [0.25, 0.3) is 0 Å². The Morgan fingerprint density at radius 1 is 1.29 bits per heavy atom. The van der Waals surface area contributed by atoms with Gasteiger partial charge in [-0.3, -0.25) is 9.59 Å². The predicted octanol–water partition coefficient (Wildman–Crippen LogP) is 3.44. The van der Waals surface area contributed by atoms with Crippen LogP contribution in [0.3, 0.4) is 0 Å². The van der Waals surface area contributed by atoms with Gasteiger partial charge in [0.2, 0.25) is 0 Å². The van der Waals surface area contributed by atoms with Crippen molar-refractivity contribution in [3.63, 3.8) is 0 Å². The Morgan fingerprint density at radius 3 is 2.71 bits per heavy atom. The van der Waals surface area contributed by atoms with Crippen LogP contribution in [0.15, 0.2) is 0 Å². The Morgan fingerprint density at radius 2 is 2.04 bits per heavy atom. The Labute approximate surface area is 143 Å². The van der Waals surface area contributed by atoms with Crippen LogP contribution in [0.2, 0.25) is 0 Å². The topological polar surface area (TPSA) is 70.5 Å². The monoisotopic (exact) mass is 329 g/mol. The zero-order chi connectivity index (χ0) is 17.3. The van der Waals surface area contributed by atoms with Crippen molar-refractivity contribution in [1.82, 2.24) is 0 Å². The van der Waals surface area contributed by atoms with E-state index < -0.39 is 0 Å². The first-order chi connectivity index (χ1) is 11.3. The van der Waals surface area contributed by atoms with Crippen LogP contribution in [-0.4, -0.2) is 23.3 Å². The predicted molar refractivity (Wildman–Crippen MR) is 87.9 cm³/mol. The molecule has 24 heavy (non-hydrogen) atoms. The zero-order valence-corrected chi connectivity index (χ0v) is 14.9. The second kappa shape index (κ2) is 4.91. The number of carbonyl (C=O) groups excluding carboxylic acids is 2. The van der Waals surface area contributed by atoms with Gasteiger partial charge in [0.15, 0.2) is 5.78 Å². The largest absolute Gasteiger partial charge is 0.357 e. The maximum atomic E-state index is 12.4. The molecule has 0 aromatic heterocycles. The van der Waals surface area contributed by atoms with Crippen molar-refractivity contribution in [3.8, 4) is 6.07 Å². The van der Waals surface area contributed by atoms with Crippen molar-refractivity contribution in [3.05, 3.63) is 0 Å². The fraction of sp³-hybridized carbons (Fsp3) is 0.850. The molecule has 7 atom stereocenters. The summed E-state index contributed by atoms with van der Waals surface area (Å²) in [6.07, 6.45) is 5.59. The highest BCUT2D eigenvalue weighted by molar-refractivity contribution is 5.88. The van der Waals surface area contributed by atoms with E-state index in [9.17, 15) is 14.9 Å². The zero-order valence-electron chi connectivity index (χ0n) is 14.9. The van der Waals surface area contributed by atoms with Gasteiger partial charge < -0.3 is 4.74 Å². The van der Waals surface area contributed by atoms with Gasteiger partial charge in [-0.25, -0.2) is 0 Å². The highest BCUT2D eigenvalue weighted by Gasteiger charge is 2.76. The molecule has 1 aliphatic heterocycles. The van der Waals surface area contributed by atoms with E-state index in [1.807, 2.05) is 0 Å². The van der Waals surface area contributed by atoms with Crippen LogP contribution in [-0.2, 0) is 14.3 Å². The smallest absolute Gasteiger partial charge is 0.164 e. The lowest BCUT2D eigenvalue weighted by atomic mass is 9.44. The number of rotatable bonds is 2. The Balaban J connectivity index is 1.70. The van der Waals surface area contributed by atoms with E-state index in [4.69, 9.17) is 4.74 Å². The molecule has 1 heterocycles. The summed E-state index contributed by atoms with van der Waals surface area (Å²) >= 11 is 0. The molecule has 0 bridgehead atoms. The molecular weight excluding hydrogens is 302 g/mol. The Bertz CT molecular complexity index is 652. The number of hydrogen-bond acceptors (Lipinski definition) is 4. The molecule has 3 saturated carbocycles. The van der Waals surface area contributed by atoms with Gasteiger partial charge in [0.05, 0.1) is 6.07 Å². The molecule has 4 aliphatic rings. The van der Waals surface area contributed by atoms with Gasteiger partial charge >= 0.3 is 0 Å². The van der Waals surface area contributed by atoms with Crippen LogP contribution in [0.25, 0.3) is 0 Å².